The fourth-order valence-electron chi connectivity index (χ4n) is 3.10. The minimum atomic E-state index is -4.20. The van der Waals surface area contributed by atoms with Gasteiger partial charge in [-0.2, -0.15) is 4.31 Å². The number of hydrogen-bond donors (Lipinski definition) is 2. The highest BCUT2D eigenvalue weighted by atomic mass is 32.2. The van der Waals surface area contributed by atoms with E-state index in [4.69, 9.17) is 4.74 Å². The van der Waals surface area contributed by atoms with Crippen molar-refractivity contribution in [3.05, 3.63) is 59.9 Å². The molecule has 0 saturated heterocycles. The van der Waals surface area contributed by atoms with Crippen LogP contribution in [0, 0.1) is 11.7 Å². The lowest BCUT2D eigenvalue weighted by Crippen LogP contribution is -2.49. The standard InChI is InChI=1S/C22H28F2N2O5S/c1-16(2)14-21(22(27)25-28)26(15-17-4-6-18(24)7-5-17)32(29,30)20-10-8-19(9-11-20)31-13-3-12-23/h4-11,16,21,28H,3,12-15H2,1-2H3,(H,25,27). The number of carbonyl (C=O) groups is 1. The van der Waals surface area contributed by atoms with Gasteiger partial charge in [-0.3, -0.25) is 14.4 Å². The van der Waals surface area contributed by atoms with Crippen molar-refractivity contribution in [2.24, 2.45) is 5.92 Å². The maximum absolute atomic E-state index is 13.5. The van der Waals surface area contributed by atoms with E-state index >= 15 is 0 Å². The summed E-state index contributed by atoms with van der Waals surface area (Å²) in [5.74, 6) is -1.02. The molecule has 0 aromatic heterocycles. The molecule has 0 bridgehead atoms. The van der Waals surface area contributed by atoms with Gasteiger partial charge >= 0.3 is 0 Å². The van der Waals surface area contributed by atoms with Crippen molar-refractivity contribution in [2.45, 2.75) is 44.2 Å². The second kappa shape index (κ2) is 11.9. The molecule has 2 aromatic rings. The number of amides is 1. The minimum Gasteiger partial charge on any atom is -0.493 e. The van der Waals surface area contributed by atoms with Crippen LogP contribution in [0.25, 0.3) is 0 Å². The van der Waals surface area contributed by atoms with Gasteiger partial charge in [0.25, 0.3) is 5.91 Å². The van der Waals surface area contributed by atoms with Gasteiger partial charge in [0.05, 0.1) is 18.2 Å². The molecule has 7 nitrogen and oxygen atoms in total. The van der Waals surface area contributed by atoms with E-state index in [-0.39, 0.29) is 36.8 Å². The van der Waals surface area contributed by atoms with Crippen molar-refractivity contribution in [2.75, 3.05) is 13.3 Å². The predicted molar refractivity (Wildman–Crippen MR) is 115 cm³/mol. The second-order valence-corrected chi connectivity index (χ2v) is 9.55. The van der Waals surface area contributed by atoms with Gasteiger partial charge in [-0.05, 0) is 54.3 Å². The minimum absolute atomic E-state index is 0.0606. The molecule has 2 rings (SSSR count). The Morgan fingerprint density at radius 2 is 1.75 bits per heavy atom. The number of hydroxylamine groups is 1. The molecule has 1 amide bonds. The molecular formula is C22H28F2N2O5S. The molecule has 0 saturated carbocycles. The molecule has 1 unspecified atom stereocenters. The number of sulfonamides is 1. The summed E-state index contributed by atoms with van der Waals surface area (Å²) in [4.78, 5) is 12.3. The Balaban J connectivity index is 2.43. The van der Waals surface area contributed by atoms with Crippen molar-refractivity contribution < 1.29 is 31.9 Å². The topological polar surface area (TPSA) is 95.9 Å². The highest BCUT2D eigenvalue weighted by molar-refractivity contribution is 7.89. The molecule has 2 N–H and O–H groups in total. The molecule has 0 spiro atoms. The van der Waals surface area contributed by atoms with Gasteiger partial charge in [0, 0.05) is 13.0 Å². The second-order valence-electron chi connectivity index (χ2n) is 7.66. The van der Waals surface area contributed by atoms with Crippen molar-refractivity contribution in [3.8, 4) is 5.75 Å². The number of alkyl halides is 1. The predicted octanol–water partition coefficient (Wildman–Crippen LogP) is 3.68. The van der Waals surface area contributed by atoms with Gasteiger partial charge < -0.3 is 4.74 Å². The third-order valence-corrected chi connectivity index (χ3v) is 6.55. The summed E-state index contributed by atoms with van der Waals surface area (Å²) in [6, 6.07) is 9.64. The van der Waals surface area contributed by atoms with Gasteiger partial charge in [0.15, 0.2) is 0 Å². The number of carbonyl (C=O) groups excluding carboxylic acids is 1. The Kier molecular flexibility index (Phi) is 9.55. The summed E-state index contributed by atoms with van der Waals surface area (Å²) in [5, 5.41) is 9.23. The van der Waals surface area contributed by atoms with Gasteiger partial charge in [-0.15, -0.1) is 0 Å². The lowest BCUT2D eigenvalue weighted by atomic mass is 10.0. The van der Waals surface area contributed by atoms with E-state index < -0.39 is 34.5 Å². The van der Waals surface area contributed by atoms with Crippen LogP contribution >= 0.6 is 0 Å². The molecule has 0 aliphatic rings. The average molecular weight is 471 g/mol. The molecule has 0 aliphatic heterocycles. The van der Waals surface area contributed by atoms with Crippen LogP contribution in [-0.2, 0) is 21.4 Å². The number of ether oxygens (including phenoxy) is 1. The first-order valence-corrected chi connectivity index (χ1v) is 11.6. The molecule has 2 aromatic carbocycles. The van der Waals surface area contributed by atoms with Crippen LogP contribution in [0.15, 0.2) is 53.4 Å². The van der Waals surface area contributed by atoms with E-state index in [1.54, 1.807) is 5.48 Å². The van der Waals surface area contributed by atoms with Crippen molar-refractivity contribution >= 4 is 15.9 Å². The molecule has 176 valence electrons. The summed E-state index contributed by atoms with van der Waals surface area (Å²) in [6.45, 7) is 3.08. The average Bonchev–Trinajstić information content (AvgIpc) is 2.77. The molecular weight excluding hydrogens is 442 g/mol. The third-order valence-electron chi connectivity index (χ3n) is 4.68. The maximum atomic E-state index is 13.5. The van der Waals surface area contributed by atoms with E-state index in [9.17, 15) is 27.2 Å². The largest absolute Gasteiger partial charge is 0.493 e. The third kappa shape index (κ3) is 6.98. The van der Waals surface area contributed by atoms with E-state index in [2.05, 4.69) is 0 Å². The zero-order chi connectivity index (χ0) is 23.7. The summed E-state index contributed by atoms with van der Waals surface area (Å²) in [7, 11) is -4.20. The maximum Gasteiger partial charge on any atom is 0.261 e. The Bertz CT molecular complexity index is 967. The van der Waals surface area contributed by atoms with E-state index in [0.29, 0.717) is 11.3 Å². The Morgan fingerprint density at radius 3 is 2.28 bits per heavy atom. The quantitative estimate of drug-likeness (QED) is 0.280. The first-order valence-electron chi connectivity index (χ1n) is 10.2. The smallest absolute Gasteiger partial charge is 0.261 e. The monoisotopic (exact) mass is 470 g/mol. The van der Waals surface area contributed by atoms with Crippen LogP contribution in [0.2, 0.25) is 0 Å². The zero-order valence-electron chi connectivity index (χ0n) is 18.0. The molecule has 0 aliphatic carbocycles. The molecule has 0 fully saturated rings. The molecule has 10 heteroatoms. The summed E-state index contributed by atoms with van der Waals surface area (Å²) in [5.41, 5.74) is 2.02. The SMILES string of the molecule is CC(C)CC(C(=O)NO)N(Cc1ccc(F)cc1)S(=O)(=O)c1ccc(OCCCF)cc1. The highest BCUT2D eigenvalue weighted by Crippen LogP contribution is 2.26. The van der Waals surface area contributed by atoms with Gasteiger partial charge in [0.1, 0.15) is 17.6 Å². The number of nitrogens with zero attached hydrogens (tertiary/aromatic N) is 1. The summed E-state index contributed by atoms with van der Waals surface area (Å²) < 4.78 is 58.9. The Morgan fingerprint density at radius 1 is 1.12 bits per heavy atom. The van der Waals surface area contributed by atoms with Crippen LogP contribution < -0.4 is 10.2 Å². The van der Waals surface area contributed by atoms with Crippen LogP contribution in [-0.4, -0.2) is 43.2 Å². The number of benzene rings is 2. The van der Waals surface area contributed by atoms with Crippen LogP contribution in [0.4, 0.5) is 8.78 Å². The first kappa shape index (κ1) is 25.7. The van der Waals surface area contributed by atoms with Crippen molar-refractivity contribution in [1.29, 1.82) is 0 Å². The molecule has 32 heavy (non-hydrogen) atoms. The fraction of sp³-hybridized carbons (Fsp3) is 0.409. The van der Waals surface area contributed by atoms with E-state index in [1.165, 1.54) is 48.5 Å². The Hall–Kier alpha value is -2.56. The first-order chi connectivity index (χ1) is 15.2. The molecule has 0 heterocycles. The van der Waals surface area contributed by atoms with Gasteiger partial charge in [0.2, 0.25) is 10.0 Å². The van der Waals surface area contributed by atoms with Crippen LogP contribution in [0.5, 0.6) is 5.75 Å². The number of rotatable bonds is 12. The van der Waals surface area contributed by atoms with Crippen LogP contribution in [0.1, 0.15) is 32.3 Å². The van der Waals surface area contributed by atoms with Gasteiger partial charge in [-0.25, -0.2) is 18.3 Å². The van der Waals surface area contributed by atoms with Crippen molar-refractivity contribution in [1.82, 2.24) is 9.79 Å². The van der Waals surface area contributed by atoms with E-state index in [1.807, 2.05) is 13.8 Å². The lowest BCUT2D eigenvalue weighted by molar-refractivity contribution is -0.133. The fourth-order valence-corrected chi connectivity index (χ4v) is 4.68. The lowest BCUT2D eigenvalue weighted by Gasteiger charge is -2.30. The van der Waals surface area contributed by atoms with Crippen LogP contribution in [0.3, 0.4) is 0 Å². The number of nitrogens with one attached hydrogen (secondary N) is 1. The summed E-state index contributed by atoms with van der Waals surface area (Å²) in [6.07, 6.45) is 0.371. The normalized spacial score (nSPS) is 12.7. The Labute approximate surface area is 187 Å². The highest BCUT2D eigenvalue weighted by Gasteiger charge is 2.36. The summed E-state index contributed by atoms with van der Waals surface area (Å²) >= 11 is 0. The van der Waals surface area contributed by atoms with Gasteiger partial charge in [-0.1, -0.05) is 26.0 Å². The number of hydrogen-bond acceptors (Lipinski definition) is 5. The number of halogens is 2. The van der Waals surface area contributed by atoms with Crippen molar-refractivity contribution in [3.63, 3.8) is 0 Å². The molecule has 0 radical (unpaired) electrons. The zero-order valence-corrected chi connectivity index (χ0v) is 18.8. The van der Waals surface area contributed by atoms with E-state index in [0.717, 1.165) is 4.31 Å². The molecule has 1 atom stereocenters.